The predicted molar refractivity (Wildman–Crippen MR) is 245 cm³/mol. The molecular formula is C49H82N6O3. The van der Waals surface area contributed by atoms with Gasteiger partial charge in [0, 0.05) is 78.1 Å². The van der Waals surface area contributed by atoms with Gasteiger partial charge in [-0.3, -0.25) is 24.5 Å². The van der Waals surface area contributed by atoms with Gasteiger partial charge in [0.05, 0.1) is 0 Å². The highest BCUT2D eigenvalue weighted by atomic mass is 16.3. The summed E-state index contributed by atoms with van der Waals surface area (Å²) in [6.45, 7) is 39.7. The summed E-state index contributed by atoms with van der Waals surface area (Å²) in [5.74, 6) is 1.11. The maximum absolute atomic E-state index is 12.1. The summed E-state index contributed by atoms with van der Waals surface area (Å²) in [5.41, 5.74) is 8.07. The minimum atomic E-state index is -0.737. The maximum atomic E-state index is 12.1. The Kier molecular flexibility index (Phi) is 20.0. The van der Waals surface area contributed by atoms with Crippen LogP contribution in [0.2, 0.25) is 0 Å². The molecule has 9 heteroatoms. The Morgan fingerprint density at radius 3 is 0.707 bits per heavy atom. The fraction of sp³-hybridized carbons (Fsp3) is 0.633. The summed E-state index contributed by atoms with van der Waals surface area (Å²) in [6.07, 6.45) is 0. The van der Waals surface area contributed by atoms with Crippen LogP contribution >= 0.6 is 0 Å². The molecule has 0 atom stereocenters. The largest absolute Gasteiger partial charge is 0.507 e. The van der Waals surface area contributed by atoms with Gasteiger partial charge < -0.3 is 20.2 Å². The third kappa shape index (κ3) is 12.0. The van der Waals surface area contributed by atoms with Gasteiger partial charge in [0.15, 0.2) is 0 Å². The van der Waals surface area contributed by atoms with Crippen LogP contribution in [0.3, 0.4) is 0 Å². The molecule has 3 aromatic rings. The van der Waals surface area contributed by atoms with E-state index in [-0.39, 0.29) is 0 Å². The standard InChI is InChI=1S/C49H82N6O3/c1-14-50(13)31-37-25-43(26-38(46(37)56)32-51(15-2)16-3)49(12,44-27-39(33-52(17-4)18-5)47(57)40(28-44)34-53(19-6)20-7)45-29-41(35-54(21-8)22-9)48(58)42(30-45)36-55(23-10)24-11/h25-30,56-58H,14-24,31-36H2,1-13H3. The summed E-state index contributed by atoms with van der Waals surface area (Å²) in [6, 6.07) is 13.5. The molecule has 0 fully saturated rings. The molecule has 0 saturated heterocycles. The van der Waals surface area contributed by atoms with Crippen molar-refractivity contribution in [1.82, 2.24) is 29.4 Å². The third-order valence-corrected chi connectivity index (χ3v) is 13.0. The Labute approximate surface area is 354 Å². The Morgan fingerprint density at radius 1 is 0.345 bits per heavy atom. The van der Waals surface area contributed by atoms with Gasteiger partial charge in [-0.15, -0.1) is 0 Å². The molecule has 0 unspecified atom stereocenters. The van der Waals surface area contributed by atoms with E-state index in [0.29, 0.717) is 56.5 Å². The summed E-state index contributed by atoms with van der Waals surface area (Å²) in [5, 5.41) is 36.2. The zero-order valence-corrected chi connectivity index (χ0v) is 39.0. The number of phenols is 3. The summed E-state index contributed by atoms with van der Waals surface area (Å²) in [4.78, 5) is 14.1. The number of benzene rings is 3. The Balaban J connectivity index is 2.66. The fourth-order valence-corrected chi connectivity index (χ4v) is 8.21. The highest BCUT2D eigenvalue weighted by Crippen LogP contribution is 2.46. The zero-order chi connectivity index (χ0) is 43.2. The predicted octanol–water partition coefficient (Wildman–Crippen LogP) is 8.82. The van der Waals surface area contributed by atoms with Crippen LogP contribution in [-0.4, -0.2) is 124 Å². The lowest BCUT2D eigenvalue weighted by Crippen LogP contribution is -2.30. The molecule has 0 radical (unpaired) electrons. The topological polar surface area (TPSA) is 80.1 Å². The van der Waals surface area contributed by atoms with Crippen LogP contribution in [0.5, 0.6) is 17.2 Å². The van der Waals surface area contributed by atoms with Crippen LogP contribution in [0.15, 0.2) is 36.4 Å². The molecule has 0 heterocycles. The Hall–Kier alpha value is -3.18. The molecule has 3 N–H and O–H groups in total. The molecule has 0 bridgehead atoms. The van der Waals surface area contributed by atoms with Crippen molar-refractivity contribution >= 4 is 0 Å². The van der Waals surface area contributed by atoms with Gasteiger partial charge in [0.1, 0.15) is 17.2 Å². The lowest BCUT2D eigenvalue weighted by atomic mass is 9.68. The second kappa shape index (κ2) is 23.6. The van der Waals surface area contributed by atoms with E-state index in [2.05, 4.69) is 156 Å². The molecule has 0 aliphatic carbocycles. The summed E-state index contributed by atoms with van der Waals surface area (Å²) < 4.78 is 0. The Morgan fingerprint density at radius 2 is 0.534 bits per heavy atom. The normalized spacial score (nSPS) is 12.5. The second-order valence-corrected chi connectivity index (χ2v) is 16.2. The molecule has 3 rings (SSSR count). The van der Waals surface area contributed by atoms with Crippen LogP contribution in [-0.2, 0) is 44.7 Å². The van der Waals surface area contributed by atoms with Crippen molar-refractivity contribution in [1.29, 1.82) is 0 Å². The number of phenolic OH excluding ortho intramolecular Hbond substituents is 3. The quantitative estimate of drug-likeness (QED) is 0.0691. The van der Waals surface area contributed by atoms with Crippen LogP contribution in [0, 0.1) is 0 Å². The molecule has 0 aromatic heterocycles. The number of rotatable bonds is 26. The molecule has 0 saturated carbocycles. The van der Waals surface area contributed by atoms with E-state index >= 15 is 0 Å². The van der Waals surface area contributed by atoms with Crippen LogP contribution in [0.25, 0.3) is 0 Å². The van der Waals surface area contributed by atoms with Crippen LogP contribution < -0.4 is 0 Å². The number of hydrogen-bond acceptors (Lipinski definition) is 9. The number of hydrogen-bond donors (Lipinski definition) is 3. The second-order valence-electron chi connectivity index (χ2n) is 16.2. The summed E-state index contributed by atoms with van der Waals surface area (Å²) in [7, 11) is 2.10. The molecule has 326 valence electrons. The van der Waals surface area contributed by atoms with E-state index in [4.69, 9.17) is 0 Å². The van der Waals surface area contributed by atoms with E-state index < -0.39 is 5.41 Å². The average molecular weight is 803 g/mol. The molecule has 58 heavy (non-hydrogen) atoms. The first-order chi connectivity index (χ1) is 27.7. The first kappa shape index (κ1) is 49.2. The number of nitrogens with zero attached hydrogens (tertiary/aromatic N) is 6. The average Bonchev–Trinajstić information content (AvgIpc) is 3.24. The van der Waals surface area contributed by atoms with Gasteiger partial charge in [0.25, 0.3) is 0 Å². The SMILES string of the molecule is CCN(C)Cc1cc(C(C)(c2cc(CN(CC)CC)c(O)c(CN(CC)CC)c2)c2cc(CN(CC)CC)c(O)c(CN(CC)CC)c2)cc(CN(CC)CC)c1O. The monoisotopic (exact) mass is 803 g/mol. The van der Waals surface area contributed by atoms with Gasteiger partial charge in [-0.2, -0.15) is 0 Å². The van der Waals surface area contributed by atoms with Gasteiger partial charge in [-0.05, 0) is 139 Å². The summed E-state index contributed by atoms with van der Waals surface area (Å²) >= 11 is 0. The van der Waals surface area contributed by atoms with Crippen molar-refractivity contribution in [3.63, 3.8) is 0 Å². The lowest BCUT2D eigenvalue weighted by molar-refractivity contribution is 0.280. The molecule has 9 nitrogen and oxygen atoms in total. The molecule has 0 amide bonds. The van der Waals surface area contributed by atoms with E-state index in [1.54, 1.807) is 0 Å². The van der Waals surface area contributed by atoms with Crippen LogP contribution in [0.4, 0.5) is 0 Å². The first-order valence-electron chi connectivity index (χ1n) is 22.6. The smallest absolute Gasteiger partial charge is 0.124 e. The van der Waals surface area contributed by atoms with Gasteiger partial charge in [-0.25, -0.2) is 0 Å². The maximum Gasteiger partial charge on any atom is 0.124 e. The number of aromatic hydroxyl groups is 3. The van der Waals surface area contributed by atoms with Gasteiger partial charge in [0.2, 0.25) is 0 Å². The molecule has 3 aromatic carbocycles. The minimum absolute atomic E-state index is 0.364. The van der Waals surface area contributed by atoms with Crippen molar-refractivity contribution in [3.05, 3.63) is 86.5 Å². The molecular weight excluding hydrogens is 721 g/mol. The van der Waals surface area contributed by atoms with E-state index in [9.17, 15) is 15.3 Å². The van der Waals surface area contributed by atoms with Crippen molar-refractivity contribution in [3.8, 4) is 17.2 Å². The highest BCUT2D eigenvalue weighted by Gasteiger charge is 2.36. The molecule has 0 spiro atoms. The van der Waals surface area contributed by atoms with Crippen molar-refractivity contribution < 1.29 is 15.3 Å². The van der Waals surface area contributed by atoms with E-state index in [0.717, 1.165) is 122 Å². The molecule has 0 aliphatic rings. The minimum Gasteiger partial charge on any atom is -0.507 e. The molecule has 0 aliphatic heterocycles. The highest BCUT2D eigenvalue weighted by molar-refractivity contribution is 5.60. The first-order valence-corrected chi connectivity index (χ1v) is 22.6. The van der Waals surface area contributed by atoms with Gasteiger partial charge in [-0.1, -0.05) is 76.2 Å². The van der Waals surface area contributed by atoms with Crippen LogP contribution in [0.1, 0.15) is 133 Å². The fourth-order valence-electron chi connectivity index (χ4n) is 8.21. The van der Waals surface area contributed by atoms with Crippen molar-refractivity contribution in [2.75, 3.05) is 79.0 Å². The van der Waals surface area contributed by atoms with Crippen molar-refractivity contribution in [2.24, 2.45) is 0 Å². The zero-order valence-electron chi connectivity index (χ0n) is 39.0. The van der Waals surface area contributed by atoms with E-state index in [1.807, 2.05) is 0 Å². The third-order valence-electron chi connectivity index (χ3n) is 13.0. The van der Waals surface area contributed by atoms with Crippen molar-refractivity contribution in [2.45, 2.75) is 128 Å². The lowest BCUT2D eigenvalue weighted by Gasteiger charge is -2.36. The Bertz CT molecular complexity index is 1540. The van der Waals surface area contributed by atoms with Gasteiger partial charge >= 0.3 is 0 Å². The van der Waals surface area contributed by atoms with E-state index in [1.165, 1.54) is 0 Å².